The Morgan fingerprint density at radius 2 is 1.76 bits per heavy atom. The van der Waals surface area contributed by atoms with Gasteiger partial charge < -0.3 is 14.0 Å². The average molecular weight is 403 g/mol. The molecule has 0 spiro atoms. The first-order valence-electron chi connectivity index (χ1n) is 10.3. The highest BCUT2D eigenvalue weighted by Gasteiger charge is 2.42. The number of alkyl halides is 2. The summed E-state index contributed by atoms with van der Waals surface area (Å²) in [5.74, 6) is 1.81. The molecule has 7 heteroatoms. The number of para-hydroxylation sites is 1. The van der Waals surface area contributed by atoms with Crippen molar-refractivity contribution in [2.24, 2.45) is 11.8 Å². The molecule has 2 aromatic rings. The van der Waals surface area contributed by atoms with Crippen molar-refractivity contribution in [3.8, 4) is 17.0 Å². The minimum absolute atomic E-state index is 0.0348. The molecule has 3 atom stereocenters. The standard InChI is InChI=1S/C22H23F2NO4/c23-22(24)28-18-4-2-1-3-16(18)19-17(21(29-25-19)12-5-6-12)11-27-15-9-13-7-8-14(10-15)20(13)26/h1-4,12-15,22H,5-11H2/t13-,14+,15+. The van der Waals surface area contributed by atoms with Crippen molar-refractivity contribution in [1.82, 2.24) is 5.16 Å². The fraction of sp³-hybridized carbons (Fsp3) is 0.545. The van der Waals surface area contributed by atoms with E-state index in [0.29, 0.717) is 29.6 Å². The number of hydrogen-bond acceptors (Lipinski definition) is 5. The third kappa shape index (κ3) is 3.68. The van der Waals surface area contributed by atoms with Crippen molar-refractivity contribution < 1.29 is 27.6 Å². The molecule has 0 radical (unpaired) electrons. The van der Waals surface area contributed by atoms with E-state index in [2.05, 4.69) is 9.89 Å². The number of fused-ring (bicyclic) bond motifs is 2. The fourth-order valence-corrected chi connectivity index (χ4v) is 4.76. The average Bonchev–Trinajstić information content (AvgIpc) is 3.43. The van der Waals surface area contributed by atoms with E-state index in [9.17, 15) is 13.6 Å². The van der Waals surface area contributed by atoms with Crippen molar-refractivity contribution in [3.63, 3.8) is 0 Å². The number of ketones is 1. The Balaban J connectivity index is 1.40. The molecule has 5 rings (SSSR count). The molecular weight excluding hydrogens is 380 g/mol. The van der Waals surface area contributed by atoms with Crippen LogP contribution in [-0.2, 0) is 16.1 Å². The van der Waals surface area contributed by atoms with Gasteiger partial charge in [-0.15, -0.1) is 0 Å². The normalized spacial score (nSPS) is 26.3. The van der Waals surface area contributed by atoms with E-state index in [1.807, 2.05) is 0 Å². The van der Waals surface area contributed by atoms with Gasteiger partial charge in [0.2, 0.25) is 0 Å². The number of carbonyl (C=O) groups excluding carboxylic acids is 1. The van der Waals surface area contributed by atoms with Crippen LogP contribution in [0.25, 0.3) is 11.3 Å². The zero-order valence-corrected chi connectivity index (χ0v) is 16.0. The van der Waals surface area contributed by atoms with Crippen molar-refractivity contribution >= 4 is 5.78 Å². The van der Waals surface area contributed by atoms with Gasteiger partial charge in [-0.05, 0) is 50.7 Å². The lowest BCUT2D eigenvalue weighted by Gasteiger charge is -2.26. The maximum absolute atomic E-state index is 12.8. The van der Waals surface area contributed by atoms with Gasteiger partial charge in [-0.3, -0.25) is 4.79 Å². The Kier molecular flexibility index (Phi) is 4.86. The molecule has 0 unspecified atom stereocenters. The van der Waals surface area contributed by atoms with Crippen LogP contribution < -0.4 is 4.74 Å². The summed E-state index contributed by atoms with van der Waals surface area (Å²) in [4.78, 5) is 12.1. The first kappa shape index (κ1) is 18.7. The van der Waals surface area contributed by atoms with E-state index in [1.165, 1.54) is 6.07 Å². The van der Waals surface area contributed by atoms with Crippen LogP contribution in [-0.4, -0.2) is 23.7 Å². The summed E-state index contributed by atoms with van der Waals surface area (Å²) in [6.45, 7) is -2.62. The Morgan fingerprint density at radius 1 is 1.07 bits per heavy atom. The molecule has 5 nitrogen and oxygen atoms in total. The predicted molar refractivity (Wildman–Crippen MR) is 99.6 cm³/mol. The Hall–Kier alpha value is -2.28. The minimum Gasteiger partial charge on any atom is -0.434 e. The molecular formula is C22H23F2NO4. The maximum Gasteiger partial charge on any atom is 0.387 e. The molecule has 1 aromatic heterocycles. The zero-order chi connectivity index (χ0) is 20.0. The van der Waals surface area contributed by atoms with Crippen LogP contribution in [0.5, 0.6) is 5.75 Å². The second-order valence-electron chi connectivity index (χ2n) is 8.30. The topological polar surface area (TPSA) is 61.6 Å². The van der Waals surface area contributed by atoms with Crippen LogP contribution in [0.2, 0.25) is 0 Å². The number of carbonyl (C=O) groups is 1. The third-order valence-corrected chi connectivity index (χ3v) is 6.35. The number of rotatable bonds is 7. The van der Waals surface area contributed by atoms with Crippen LogP contribution in [0.4, 0.5) is 8.78 Å². The van der Waals surface area contributed by atoms with Crippen LogP contribution in [0.3, 0.4) is 0 Å². The summed E-state index contributed by atoms with van der Waals surface area (Å²) in [6, 6.07) is 6.61. The van der Waals surface area contributed by atoms with Crippen LogP contribution in [0.15, 0.2) is 28.8 Å². The molecule has 3 aliphatic rings. The monoisotopic (exact) mass is 403 g/mol. The molecule has 0 saturated heterocycles. The second kappa shape index (κ2) is 7.52. The van der Waals surface area contributed by atoms with Gasteiger partial charge in [0, 0.05) is 28.9 Å². The van der Waals surface area contributed by atoms with Gasteiger partial charge in [-0.25, -0.2) is 0 Å². The maximum atomic E-state index is 12.8. The largest absolute Gasteiger partial charge is 0.434 e. The van der Waals surface area contributed by atoms with Crippen LogP contribution in [0, 0.1) is 11.8 Å². The molecule has 3 aliphatic carbocycles. The number of ether oxygens (including phenoxy) is 2. The van der Waals surface area contributed by atoms with Crippen molar-refractivity contribution in [3.05, 3.63) is 35.6 Å². The van der Waals surface area contributed by atoms with Gasteiger partial charge >= 0.3 is 6.61 Å². The quantitative estimate of drug-likeness (QED) is 0.644. The van der Waals surface area contributed by atoms with Gasteiger partial charge in [-0.2, -0.15) is 8.78 Å². The highest BCUT2D eigenvalue weighted by atomic mass is 19.3. The summed E-state index contributed by atoms with van der Waals surface area (Å²) in [5.41, 5.74) is 1.78. The third-order valence-electron chi connectivity index (χ3n) is 6.35. The lowest BCUT2D eigenvalue weighted by atomic mass is 9.86. The van der Waals surface area contributed by atoms with E-state index >= 15 is 0 Å². The number of Topliss-reactive ketones (excluding diaryl/α,β-unsaturated/α-hetero) is 1. The molecule has 1 aromatic carbocycles. The van der Waals surface area contributed by atoms with E-state index in [4.69, 9.17) is 9.26 Å². The predicted octanol–water partition coefficient (Wildman–Crippen LogP) is 5.09. The number of hydrogen-bond donors (Lipinski definition) is 0. The smallest absolute Gasteiger partial charge is 0.387 e. The second-order valence-corrected chi connectivity index (χ2v) is 8.30. The Labute approximate surface area is 167 Å². The van der Waals surface area contributed by atoms with Crippen molar-refractivity contribution in [2.75, 3.05) is 0 Å². The highest BCUT2D eigenvalue weighted by Crippen LogP contribution is 2.46. The van der Waals surface area contributed by atoms with Gasteiger partial charge in [0.15, 0.2) is 0 Å². The molecule has 0 amide bonds. The summed E-state index contributed by atoms with van der Waals surface area (Å²) in [5, 5.41) is 4.20. The summed E-state index contributed by atoms with van der Waals surface area (Å²) < 4.78 is 42.2. The van der Waals surface area contributed by atoms with E-state index in [-0.39, 0.29) is 23.7 Å². The molecule has 1 heterocycles. The number of nitrogens with zero attached hydrogens (tertiary/aromatic N) is 1. The van der Waals surface area contributed by atoms with Crippen LogP contribution in [0.1, 0.15) is 55.8 Å². The summed E-state index contributed by atoms with van der Waals surface area (Å²) in [6.07, 6.45) is 5.55. The van der Waals surface area contributed by atoms with Crippen molar-refractivity contribution in [1.29, 1.82) is 0 Å². The van der Waals surface area contributed by atoms with E-state index < -0.39 is 6.61 Å². The molecule has 154 valence electrons. The lowest BCUT2D eigenvalue weighted by molar-refractivity contribution is -0.130. The van der Waals surface area contributed by atoms with E-state index in [1.54, 1.807) is 18.2 Å². The van der Waals surface area contributed by atoms with Gasteiger partial charge in [0.05, 0.1) is 12.7 Å². The SMILES string of the molecule is O=C1[C@@H]2CC[C@H]1C[C@@H](OCc1c(-c3ccccc3OC(F)F)noc1C1CC1)C2. The summed E-state index contributed by atoms with van der Waals surface area (Å²) in [7, 11) is 0. The number of benzene rings is 1. The van der Waals surface area contributed by atoms with Gasteiger partial charge in [0.1, 0.15) is 23.0 Å². The molecule has 0 aliphatic heterocycles. The minimum atomic E-state index is -2.92. The first-order chi connectivity index (χ1) is 14.1. The Morgan fingerprint density at radius 3 is 2.45 bits per heavy atom. The lowest BCUT2D eigenvalue weighted by Crippen LogP contribution is -2.30. The molecule has 0 N–H and O–H groups in total. The molecule has 3 fully saturated rings. The highest BCUT2D eigenvalue weighted by molar-refractivity contribution is 5.86. The molecule has 29 heavy (non-hydrogen) atoms. The molecule has 2 bridgehead atoms. The van der Waals surface area contributed by atoms with Crippen LogP contribution >= 0.6 is 0 Å². The first-order valence-corrected chi connectivity index (χ1v) is 10.3. The number of halogens is 2. The van der Waals surface area contributed by atoms with E-state index in [0.717, 1.165) is 49.8 Å². The van der Waals surface area contributed by atoms with Gasteiger partial charge in [-0.1, -0.05) is 17.3 Å². The van der Waals surface area contributed by atoms with Crippen molar-refractivity contribution in [2.45, 2.75) is 63.8 Å². The fourth-order valence-electron chi connectivity index (χ4n) is 4.76. The molecule has 3 saturated carbocycles. The zero-order valence-electron chi connectivity index (χ0n) is 16.0. The number of aromatic nitrogens is 1. The van der Waals surface area contributed by atoms with Gasteiger partial charge in [0.25, 0.3) is 0 Å². The Bertz CT molecular complexity index is 892. The summed E-state index contributed by atoms with van der Waals surface area (Å²) >= 11 is 0.